The van der Waals surface area contributed by atoms with Crippen LogP contribution in [-0.2, 0) is 26.2 Å². The van der Waals surface area contributed by atoms with E-state index in [0.29, 0.717) is 23.4 Å². The maximum atomic E-state index is 12.0. The fourth-order valence-electron chi connectivity index (χ4n) is 2.60. The van der Waals surface area contributed by atoms with Crippen LogP contribution < -0.4 is 5.73 Å². The number of nitrogens with two attached hydrogens (primary N) is 1. The van der Waals surface area contributed by atoms with E-state index >= 15 is 0 Å². The summed E-state index contributed by atoms with van der Waals surface area (Å²) in [4.78, 5) is 32.2. The lowest BCUT2D eigenvalue weighted by Gasteiger charge is -2.21. The minimum absolute atomic E-state index is 0.0387. The van der Waals surface area contributed by atoms with Gasteiger partial charge < -0.3 is 15.4 Å². The first-order valence-corrected chi connectivity index (χ1v) is 10.3. The number of ether oxygens (including phenoxy) is 1. The number of allylic oxidation sites excluding steroid dienone is 1. The third-order valence-electron chi connectivity index (χ3n) is 4.20. The molecule has 11 heteroatoms. The monoisotopic (exact) mass is 434 g/mol. The number of nitrogens with zero attached hydrogens (tertiary/aromatic N) is 3. The lowest BCUT2D eigenvalue weighted by Crippen LogP contribution is -2.24. The summed E-state index contributed by atoms with van der Waals surface area (Å²) in [6, 6.07) is 8.16. The van der Waals surface area contributed by atoms with E-state index in [0.717, 1.165) is 4.90 Å². The zero-order valence-corrected chi connectivity index (χ0v) is 17.3. The van der Waals surface area contributed by atoms with E-state index in [1.807, 2.05) is 0 Å². The summed E-state index contributed by atoms with van der Waals surface area (Å²) in [5.74, 6) is -0.0490. The van der Waals surface area contributed by atoms with E-state index in [2.05, 4.69) is 9.97 Å². The standard InChI is InChI=1S/C19H22N4O6S/c1-13(23(12-24)11-16-10-21-14(2)22-18(16)20)17(30(26,27)28)8-9-29-19(25)15-6-4-3-5-7-15/h3-7,10,12H,8-9,11H2,1-2H3,(H2,20,21,22)(H,26,27,28)/b17-13+. The molecule has 10 nitrogen and oxygen atoms in total. The number of hydrogen-bond acceptors (Lipinski definition) is 8. The van der Waals surface area contributed by atoms with E-state index in [-0.39, 0.29) is 31.1 Å². The predicted molar refractivity (Wildman–Crippen MR) is 108 cm³/mol. The third-order valence-corrected chi connectivity index (χ3v) is 5.33. The van der Waals surface area contributed by atoms with Crippen molar-refractivity contribution in [3.05, 3.63) is 64.1 Å². The predicted octanol–water partition coefficient (Wildman–Crippen LogP) is 1.69. The molecule has 0 spiro atoms. The van der Waals surface area contributed by atoms with Crippen LogP contribution in [0.25, 0.3) is 0 Å². The highest BCUT2D eigenvalue weighted by Crippen LogP contribution is 2.21. The Morgan fingerprint density at radius 2 is 1.97 bits per heavy atom. The molecule has 1 aromatic heterocycles. The second-order valence-corrected chi connectivity index (χ2v) is 7.74. The molecular weight excluding hydrogens is 412 g/mol. The summed E-state index contributed by atoms with van der Waals surface area (Å²) in [7, 11) is -4.67. The number of esters is 1. The van der Waals surface area contributed by atoms with Gasteiger partial charge in [0.1, 0.15) is 11.6 Å². The molecule has 0 unspecified atom stereocenters. The number of rotatable bonds is 9. The molecular formula is C19H22N4O6S. The van der Waals surface area contributed by atoms with E-state index in [1.54, 1.807) is 37.3 Å². The van der Waals surface area contributed by atoms with Crippen LogP contribution in [0.2, 0.25) is 0 Å². The summed E-state index contributed by atoms with van der Waals surface area (Å²) in [5.41, 5.74) is 6.48. The molecule has 160 valence electrons. The SMILES string of the molecule is C/C(=C(/CCOC(=O)c1ccccc1)S(=O)(=O)O)N(C=O)Cc1cnc(C)nc1N. The molecule has 1 amide bonds. The van der Waals surface area contributed by atoms with Crippen molar-refractivity contribution in [2.24, 2.45) is 0 Å². The minimum Gasteiger partial charge on any atom is -0.462 e. The van der Waals surface area contributed by atoms with Crippen LogP contribution in [0.3, 0.4) is 0 Å². The maximum Gasteiger partial charge on any atom is 0.338 e. The fraction of sp³-hybridized carbons (Fsp3) is 0.263. The first kappa shape index (κ1) is 23.0. The molecule has 30 heavy (non-hydrogen) atoms. The number of aromatic nitrogens is 2. The van der Waals surface area contributed by atoms with Crippen molar-refractivity contribution in [3.63, 3.8) is 0 Å². The molecule has 0 aliphatic heterocycles. The van der Waals surface area contributed by atoms with E-state index in [4.69, 9.17) is 10.5 Å². The number of hydrogen-bond donors (Lipinski definition) is 2. The van der Waals surface area contributed by atoms with Gasteiger partial charge in [-0.15, -0.1) is 0 Å². The smallest absolute Gasteiger partial charge is 0.338 e. The van der Waals surface area contributed by atoms with Gasteiger partial charge in [0, 0.05) is 23.9 Å². The number of carbonyl (C=O) groups is 2. The van der Waals surface area contributed by atoms with Crippen LogP contribution >= 0.6 is 0 Å². The summed E-state index contributed by atoms with van der Waals surface area (Å²) in [6.45, 7) is 2.57. The highest BCUT2D eigenvalue weighted by molar-refractivity contribution is 7.89. The lowest BCUT2D eigenvalue weighted by atomic mass is 10.2. The van der Waals surface area contributed by atoms with Crippen molar-refractivity contribution in [1.82, 2.24) is 14.9 Å². The molecule has 0 saturated heterocycles. The quantitative estimate of drug-likeness (QED) is 0.341. The van der Waals surface area contributed by atoms with Crippen molar-refractivity contribution >= 4 is 28.3 Å². The van der Waals surface area contributed by atoms with Gasteiger partial charge in [0.05, 0.1) is 23.6 Å². The van der Waals surface area contributed by atoms with Crippen LogP contribution in [0.15, 0.2) is 47.1 Å². The lowest BCUT2D eigenvalue weighted by molar-refractivity contribution is -0.116. The number of amides is 1. The molecule has 0 aliphatic rings. The third kappa shape index (κ3) is 6.09. The highest BCUT2D eigenvalue weighted by atomic mass is 32.2. The molecule has 1 heterocycles. The molecule has 0 radical (unpaired) electrons. The molecule has 0 bridgehead atoms. The van der Waals surface area contributed by atoms with Crippen molar-refractivity contribution in [1.29, 1.82) is 0 Å². The minimum atomic E-state index is -4.67. The summed E-state index contributed by atoms with van der Waals surface area (Å²) >= 11 is 0. The Kier molecular flexibility index (Phi) is 7.61. The van der Waals surface area contributed by atoms with Crippen LogP contribution in [-0.4, -0.2) is 46.8 Å². The number of benzene rings is 1. The van der Waals surface area contributed by atoms with Gasteiger partial charge in [-0.1, -0.05) is 18.2 Å². The number of carbonyl (C=O) groups excluding carboxylic acids is 2. The second kappa shape index (κ2) is 9.94. The average molecular weight is 434 g/mol. The van der Waals surface area contributed by atoms with Crippen molar-refractivity contribution < 1.29 is 27.3 Å². The van der Waals surface area contributed by atoms with Gasteiger partial charge in [-0.2, -0.15) is 8.42 Å². The molecule has 3 N–H and O–H groups in total. The Morgan fingerprint density at radius 3 is 2.53 bits per heavy atom. The van der Waals surface area contributed by atoms with Crippen LogP contribution in [0.4, 0.5) is 5.82 Å². The Labute approximate surface area is 174 Å². The normalized spacial score (nSPS) is 12.1. The molecule has 2 rings (SSSR count). The maximum absolute atomic E-state index is 12.0. The van der Waals surface area contributed by atoms with Gasteiger partial charge >= 0.3 is 5.97 Å². The van der Waals surface area contributed by atoms with Crippen LogP contribution in [0.5, 0.6) is 0 Å². The molecule has 0 atom stereocenters. The largest absolute Gasteiger partial charge is 0.462 e. The summed E-state index contributed by atoms with van der Waals surface area (Å²) in [5, 5.41) is 0. The topological polar surface area (TPSA) is 153 Å². The zero-order chi connectivity index (χ0) is 22.3. The van der Waals surface area contributed by atoms with E-state index in [1.165, 1.54) is 13.1 Å². The van der Waals surface area contributed by atoms with Gasteiger partial charge in [-0.25, -0.2) is 14.8 Å². The summed E-state index contributed by atoms with van der Waals surface area (Å²) in [6.07, 6.45) is 1.50. The van der Waals surface area contributed by atoms with E-state index in [9.17, 15) is 22.6 Å². The van der Waals surface area contributed by atoms with Crippen LogP contribution in [0, 0.1) is 6.92 Å². The summed E-state index contributed by atoms with van der Waals surface area (Å²) < 4.78 is 38.4. The number of aryl methyl sites for hydroxylation is 1. The first-order chi connectivity index (χ1) is 14.1. The Balaban J connectivity index is 2.19. The number of anilines is 1. The van der Waals surface area contributed by atoms with E-state index < -0.39 is 21.0 Å². The van der Waals surface area contributed by atoms with Crippen LogP contribution in [0.1, 0.15) is 35.1 Å². The van der Waals surface area contributed by atoms with Gasteiger partial charge in [0.2, 0.25) is 6.41 Å². The Hall–Kier alpha value is -3.31. The number of nitrogen functional groups attached to an aromatic ring is 1. The highest BCUT2D eigenvalue weighted by Gasteiger charge is 2.22. The van der Waals surface area contributed by atoms with Gasteiger partial charge in [-0.05, 0) is 26.0 Å². The Bertz CT molecular complexity index is 1050. The molecule has 2 aromatic rings. The molecule has 0 aliphatic carbocycles. The second-order valence-electron chi connectivity index (χ2n) is 6.30. The van der Waals surface area contributed by atoms with Crippen molar-refractivity contribution in [2.75, 3.05) is 12.3 Å². The average Bonchev–Trinajstić information content (AvgIpc) is 2.70. The Morgan fingerprint density at radius 1 is 1.30 bits per heavy atom. The fourth-order valence-corrected chi connectivity index (χ4v) is 3.44. The zero-order valence-electron chi connectivity index (χ0n) is 16.5. The van der Waals surface area contributed by atoms with Gasteiger partial charge in [0.15, 0.2) is 0 Å². The molecule has 1 aromatic carbocycles. The first-order valence-electron chi connectivity index (χ1n) is 8.82. The van der Waals surface area contributed by atoms with Crippen molar-refractivity contribution in [2.45, 2.75) is 26.8 Å². The van der Waals surface area contributed by atoms with Gasteiger partial charge in [0.25, 0.3) is 10.1 Å². The molecule has 0 fully saturated rings. The van der Waals surface area contributed by atoms with Crippen molar-refractivity contribution in [3.8, 4) is 0 Å². The van der Waals surface area contributed by atoms with Gasteiger partial charge in [-0.3, -0.25) is 9.35 Å². The molecule has 0 saturated carbocycles.